The second kappa shape index (κ2) is 7.60. The molecule has 5 aromatic rings. The summed E-state index contributed by atoms with van der Waals surface area (Å²) in [7, 11) is 0. The summed E-state index contributed by atoms with van der Waals surface area (Å²) in [4.78, 5) is 11.7. The van der Waals surface area contributed by atoms with Crippen molar-refractivity contribution in [3.63, 3.8) is 0 Å². The van der Waals surface area contributed by atoms with E-state index in [1.54, 1.807) is 6.20 Å². The topological polar surface area (TPSA) is 94.4 Å². The minimum absolute atomic E-state index is 0.549. The van der Waals surface area contributed by atoms with E-state index in [0.29, 0.717) is 5.82 Å². The summed E-state index contributed by atoms with van der Waals surface area (Å²) in [6.45, 7) is 3.64. The molecule has 1 aliphatic heterocycles. The van der Waals surface area contributed by atoms with Crippen LogP contribution in [0.25, 0.3) is 27.8 Å². The van der Waals surface area contributed by atoms with Gasteiger partial charge in [0.25, 0.3) is 0 Å². The summed E-state index contributed by atoms with van der Waals surface area (Å²) in [6, 6.07) is 14.5. The van der Waals surface area contributed by atoms with Gasteiger partial charge in [0.1, 0.15) is 0 Å². The third-order valence-corrected chi connectivity index (χ3v) is 6.45. The molecule has 3 N–H and O–H groups in total. The zero-order valence-electron chi connectivity index (χ0n) is 18.4. The second-order valence-corrected chi connectivity index (χ2v) is 8.96. The third-order valence-electron chi connectivity index (χ3n) is 6.45. The van der Waals surface area contributed by atoms with Crippen LogP contribution in [0.2, 0.25) is 0 Å². The van der Waals surface area contributed by atoms with Gasteiger partial charge in [-0.15, -0.1) is 0 Å². The van der Waals surface area contributed by atoms with Gasteiger partial charge >= 0.3 is 0 Å². The molecular weight excluding hydrogens is 414 g/mol. The molecule has 0 aliphatic carbocycles. The van der Waals surface area contributed by atoms with Crippen molar-refractivity contribution in [1.29, 1.82) is 0 Å². The fourth-order valence-electron chi connectivity index (χ4n) is 4.39. The Hall–Kier alpha value is -3.91. The van der Waals surface area contributed by atoms with Crippen LogP contribution in [0.3, 0.4) is 0 Å². The molecule has 166 valence electrons. The molecule has 0 amide bonds. The molecule has 8 nitrogen and oxygen atoms in total. The molecule has 8 heteroatoms. The monoisotopic (exact) mass is 439 g/mol. The van der Waals surface area contributed by atoms with Gasteiger partial charge in [-0.1, -0.05) is 12.1 Å². The highest BCUT2D eigenvalue weighted by Crippen LogP contribution is 2.29. The Morgan fingerprint density at radius 1 is 1.09 bits per heavy atom. The summed E-state index contributed by atoms with van der Waals surface area (Å²) in [5, 5.41) is 21.9. The average molecular weight is 440 g/mol. The van der Waals surface area contributed by atoms with Crippen LogP contribution in [-0.4, -0.2) is 48.4 Å². The largest absolute Gasteiger partial charge is 0.390 e. The SMILES string of the molecule is CC1(O)CCN(c2ccc(Nc3nc(-c4ccc5cn[nH]c5c4)cn4ccnc34)cc2)CC1. The second-order valence-electron chi connectivity index (χ2n) is 8.96. The maximum Gasteiger partial charge on any atom is 0.180 e. The van der Waals surface area contributed by atoms with Gasteiger partial charge in [0.05, 0.1) is 23.0 Å². The summed E-state index contributed by atoms with van der Waals surface area (Å²) in [5.74, 6) is 0.698. The van der Waals surface area contributed by atoms with Crippen molar-refractivity contribution < 1.29 is 5.11 Å². The van der Waals surface area contributed by atoms with Gasteiger partial charge in [0, 0.05) is 54.0 Å². The number of H-pyrrole nitrogens is 1. The first-order valence-corrected chi connectivity index (χ1v) is 11.2. The van der Waals surface area contributed by atoms with Crippen LogP contribution in [0.1, 0.15) is 19.8 Å². The Bertz CT molecular complexity index is 1420. The molecule has 0 atom stereocenters. The number of hydrogen-bond acceptors (Lipinski definition) is 6. The molecule has 0 saturated carbocycles. The molecule has 0 spiro atoms. The molecule has 3 aromatic heterocycles. The van der Waals surface area contributed by atoms with E-state index in [1.165, 1.54) is 0 Å². The Kier molecular flexibility index (Phi) is 4.55. The van der Waals surface area contributed by atoms with Crippen molar-refractivity contribution in [2.24, 2.45) is 0 Å². The van der Waals surface area contributed by atoms with E-state index in [-0.39, 0.29) is 0 Å². The van der Waals surface area contributed by atoms with E-state index in [1.807, 2.05) is 36.0 Å². The number of nitrogens with one attached hydrogen (secondary N) is 2. The van der Waals surface area contributed by atoms with Crippen molar-refractivity contribution >= 4 is 33.7 Å². The molecule has 0 radical (unpaired) electrons. The minimum atomic E-state index is -0.549. The Morgan fingerprint density at radius 3 is 2.73 bits per heavy atom. The van der Waals surface area contributed by atoms with Crippen LogP contribution in [0.4, 0.5) is 17.2 Å². The highest BCUT2D eigenvalue weighted by Gasteiger charge is 2.27. The summed E-state index contributed by atoms with van der Waals surface area (Å²) in [6.07, 6.45) is 9.07. The van der Waals surface area contributed by atoms with E-state index < -0.39 is 5.60 Å². The average Bonchev–Trinajstić information content (AvgIpc) is 3.48. The number of nitrogens with zero attached hydrogens (tertiary/aromatic N) is 5. The lowest BCUT2D eigenvalue weighted by Crippen LogP contribution is -2.42. The molecule has 6 rings (SSSR count). The van der Waals surface area contributed by atoms with Gasteiger partial charge < -0.3 is 19.7 Å². The highest BCUT2D eigenvalue weighted by atomic mass is 16.3. The molecule has 0 unspecified atom stereocenters. The molecule has 1 fully saturated rings. The van der Waals surface area contributed by atoms with Gasteiger partial charge in [-0.25, -0.2) is 9.97 Å². The first kappa shape index (κ1) is 19.8. The van der Waals surface area contributed by atoms with Crippen molar-refractivity contribution in [1.82, 2.24) is 24.6 Å². The van der Waals surface area contributed by atoms with Crippen molar-refractivity contribution in [2.45, 2.75) is 25.4 Å². The van der Waals surface area contributed by atoms with Gasteiger partial charge in [-0.3, -0.25) is 5.10 Å². The van der Waals surface area contributed by atoms with Crippen LogP contribution in [0, 0.1) is 0 Å². The first-order chi connectivity index (χ1) is 16.0. The standard InChI is InChI=1S/C25H25N7O/c1-25(33)8-11-31(12-9-25)20-6-4-19(5-7-20)28-23-24-26-10-13-32(24)16-22(29-23)17-2-3-18-15-27-30-21(18)14-17/h2-7,10,13-16,33H,8-9,11-12H2,1H3,(H,27,30)(H,28,29). The number of rotatable bonds is 4. The lowest BCUT2D eigenvalue weighted by atomic mass is 9.93. The fourth-order valence-corrected chi connectivity index (χ4v) is 4.39. The maximum absolute atomic E-state index is 10.2. The number of aromatic nitrogens is 5. The summed E-state index contributed by atoms with van der Waals surface area (Å²) < 4.78 is 1.98. The molecule has 0 bridgehead atoms. The molecule has 2 aromatic carbocycles. The van der Waals surface area contributed by atoms with E-state index in [0.717, 1.165) is 65.1 Å². The maximum atomic E-state index is 10.2. The molecule has 1 aliphatic rings. The number of imidazole rings is 1. The lowest BCUT2D eigenvalue weighted by Gasteiger charge is -2.37. The Labute approximate surface area is 190 Å². The van der Waals surface area contributed by atoms with Crippen molar-refractivity contribution in [2.75, 3.05) is 23.3 Å². The number of anilines is 3. The predicted octanol–water partition coefficient (Wildman–Crippen LogP) is 4.37. The molecular formula is C25H25N7O. The normalized spacial score (nSPS) is 15.9. The zero-order valence-corrected chi connectivity index (χ0v) is 18.4. The van der Waals surface area contributed by atoms with E-state index in [9.17, 15) is 5.11 Å². The first-order valence-electron chi connectivity index (χ1n) is 11.2. The zero-order chi connectivity index (χ0) is 22.4. The molecule has 1 saturated heterocycles. The van der Waals surface area contributed by atoms with E-state index in [2.05, 4.69) is 61.8 Å². The summed E-state index contributed by atoms with van der Waals surface area (Å²) >= 11 is 0. The number of benzene rings is 2. The van der Waals surface area contributed by atoms with E-state index in [4.69, 9.17) is 4.98 Å². The van der Waals surface area contributed by atoms with Crippen LogP contribution in [0.5, 0.6) is 0 Å². The lowest BCUT2D eigenvalue weighted by molar-refractivity contribution is 0.0351. The Morgan fingerprint density at radius 2 is 1.91 bits per heavy atom. The Balaban J connectivity index is 1.29. The highest BCUT2D eigenvalue weighted by molar-refractivity contribution is 5.84. The van der Waals surface area contributed by atoms with Gasteiger partial charge in [-0.2, -0.15) is 5.10 Å². The smallest absolute Gasteiger partial charge is 0.180 e. The minimum Gasteiger partial charge on any atom is -0.390 e. The van der Waals surface area contributed by atoms with Gasteiger partial charge in [0.2, 0.25) is 0 Å². The molecule has 33 heavy (non-hydrogen) atoms. The van der Waals surface area contributed by atoms with Crippen LogP contribution >= 0.6 is 0 Å². The number of piperidine rings is 1. The van der Waals surface area contributed by atoms with Crippen molar-refractivity contribution in [3.8, 4) is 11.3 Å². The van der Waals surface area contributed by atoms with Crippen LogP contribution in [0.15, 0.2) is 67.3 Å². The summed E-state index contributed by atoms with van der Waals surface area (Å²) in [5.41, 5.74) is 5.15. The van der Waals surface area contributed by atoms with Crippen LogP contribution in [-0.2, 0) is 0 Å². The number of hydrogen-bond donors (Lipinski definition) is 3. The molecule has 4 heterocycles. The van der Waals surface area contributed by atoms with E-state index >= 15 is 0 Å². The predicted molar refractivity (Wildman–Crippen MR) is 130 cm³/mol. The number of aromatic amines is 1. The van der Waals surface area contributed by atoms with Crippen molar-refractivity contribution in [3.05, 3.63) is 67.3 Å². The van der Waals surface area contributed by atoms with Gasteiger partial charge in [-0.05, 0) is 50.1 Å². The quantitative estimate of drug-likeness (QED) is 0.385. The number of aliphatic hydroxyl groups is 1. The third kappa shape index (κ3) is 3.78. The number of fused-ring (bicyclic) bond motifs is 2. The van der Waals surface area contributed by atoms with Gasteiger partial charge in [0.15, 0.2) is 11.5 Å². The fraction of sp³-hybridized carbons (Fsp3) is 0.240. The van der Waals surface area contributed by atoms with Crippen LogP contribution < -0.4 is 10.2 Å².